The number of carbonyl (C=O) groups is 1. The number of rotatable bonds is 4. The van der Waals surface area contributed by atoms with Crippen LogP contribution in [-0.4, -0.2) is 21.6 Å². The summed E-state index contributed by atoms with van der Waals surface area (Å²) >= 11 is 12.6. The van der Waals surface area contributed by atoms with Gasteiger partial charge in [0, 0.05) is 39.4 Å². The normalized spacial score (nSPS) is 15.6. The van der Waals surface area contributed by atoms with Crippen LogP contribution in [0.4, 0.5) is 0 Å². The van der Waals surface area contributed by atoms with Gasteiger partial charge in [-0.3, -0.25) is 9.59 Å². The Morgan fingerprint density at radius 2 is 1.71 bits per heavy atom. The van der Waals surface area contributed by atoms with E-state index >= 15 is 0 Å². The number of aromatic amines is 1. The molecule has 1 aromatic heterocycles. The first kappa shape index (κ1) is 22.4. The van der Waals surface area contributed by atoms with Crippen LogP contribution in [0.3, 0.4) is 0 Å². The highest BCUT2D eigenvalue weighted by Crippen LogP contribution is 2.39. The summed E-state index contributed by atoms with van der Waals surface area (Å²) in [6.07, 6.45) is 0.660. The first-order chi connectivity index (χ1) is 16.5. The fourth-order valence-corrected chi connectivity index (χ4v) is 4.86. The average molecular weight is 490 g/mol. The van der Waals surface area contributed by atoms with Crippen molar-refractivity contribution in [3.8, 4) is 11.1 Å². The Morgan fingerprint density at radius 1 is 1.00 bits per heavy atom. The van der Waals surface area contributed by atoms with Crippen LogP contribution in [-0.2, 0) is 4.79 Å². The van der Waals surface area contributed by atoms with Crippen LogP contribution in [0.5, 0.6) is 0 Å². The standard InChI is InChI=1S/C27H21Cl2N3O2/c1-2-24(33)32-23(18-7-3-5-9-20(18)29)15-22(31-32)26-25(16-11-13-17(28)14-12-16)19-8-4-6-10-21(19)30-27(26)34/h3-14,23H,2,15H2,1H3,(H,30,34). The number of para-hydroxylation sites is 1. The smallest absolute Gasteiger partial charge is 0.258 e. The largest absolute Gasteiger partial charge is 0.321 e. The minimum Gasteiger partial charge on any atom is -0.321 e. The van der Waals surface area contributed by atoms with Crippen molar-refractivity contribution < 1.29 is 4.79 Å². The molecule has 0 aliphatic carbocycles. The third-order valence-corrected chi connectivity index (χ3v) is 6.67. The van der Waals surface area contributed by atoms with Crippen molar-refractivity contribution in [2.45, 2.75) is 25.8 Å². The zero-order valence-electron chi connectivity index (χ0n) is 18.4. The number of aromatic nitrogens is 1. The molecule has 1 aliphatic heterocycles. The summed E-state index contributed by atoms with van der Waals surface area (Å²) in [5.74, 6) is -0.134. The number of pyridine rings is 1. The molecule has 0 fully saturated rings. The molecular formula is C27H21Cl2N3O2. The van der Waals surface area contributed by atoms with Gasteiger partial charge in [-0.2, -0.15) is 5.10 Å². The second-order valence-corrected chi connectivity index (χ2v) is 8.98. The molecule has 7 heteroatoms. The number of fused-ring (bicyclic) bond motifs is 1. The number of nitrogens with one attached hydrogen (secondary N) is 1. The molecule has 0 radical (unpaired) electrons. The van der Waals surface area contributed by atoms with Crippen LogP contribution < -0.4 is 5.56 Å². The van der Waals surface area contributed by atoms with E-state index in [1.165, 1.54) is 5.01 Å². The van der Waals surface area contributed by atoms with Crippen LogP contribution in [0, 0.1) is 0 Å². The fraction of sp³-hybridized carbons (Fsp3) is 0.148. The number of benzene rings is 3. The van der Waals surface area contributed by atoms with Crippen molar-refractivity contribution in [3.63, 3.8) is 0 Å². The Kier molecular flexibility index (Phi) is 5.98. The highest BCUT2D eigenvalue weighted by Gasteiger charge is 2.35. The molecule has 0 bridgehead atoms. The van der Waals surface area contributed by atoms with Crippen molar-refractivity contribution in [3.05, 3.63) is 104 Å². The van der Waals surface area contributed by atoms with E-state index in [2.05, 4.69) is 4.98 Å². The van der Waals surface area contributed by atoms with Gasteiger partial charge in [0.1, 0.15) is 0 Å². The molecule has 3 aromatic carbocycles. The first-order valence-corrected chi connectivity index (χ1v) is 11.8. The number of H-pyrrole nitrogens is 1. The monoisotopic (exact) mass is 489 g/mol. The van der Waals surface area contributed by atoms with E-state index in [0.29, 0.717) is 27.7 Å². The van der Waals surface area contributed by atoms with Gasteiger partial charge in [-0.05, 0) is 35.4 Å². The summed E-state index contributed by atoms with van der Waals surface area (Å²) in [5.41, 5.74) is 3.87. The highest BCUT2D eigenvalue weighted by molar-refractivity contribution is 6.31. The Morgan fingerprint density at radius 3 is 2.44 bits per heavy atom. The number of nitrogens with zero attached hydrogens (tertiary/aromatic N) is 2. The van der Waals surface area contributed by atoms with E-state index in [-0.39, 0.29) is 23.9 Å². The summed E-state index contributed by atoms with van der Waals surface area (Å²) in [4.78, 5) is 29.3. The third kappa shape index (κ3) is 3.91. The maximum absolute atomic E-state index is 13.4. The van der Waals surface area contributed by atoms with Gasteiger partial charge in [-0.1, -0.05) is 78.7 Å². The molecule has 170 valence electrons. The number of amides is 1. The lowest BCUT2D eigenvalue weighted by Crippen LogP contribution is -2.26. The number of carbonyl (C=O) groups excluding carboxylic acids is 1. The fourth-order valence-electron chi connectivity index (χ4n) is 4.48. The van der Waals surface area contributed by atoms with Gasteiger partial charge in [0.15, 0.2) is 0 Å². The zero-order valence-corrected chi connectivity index (χ0v) is 19.9. The molecule has 1 unspecified atom stereocenters. The Hall–Kier alpha value is -3.41. The zero-order chi connectivity index (χ0) is 23.8. The minimum atomic E-state index is -0.389. The topological polar surface area (TPSA) is 65.5 Å². The van der Waals surface area contributed by atoms with E-state index in [0.717, 1.165) is 27.6 Å². The number of hydrogen-bond acceptors (Lipinski definition) is 3. The summed E-state index contributed by atoms with van der Waals surface area (Å²) in [6.45, 7) is 1.79. The Bertz CT molecular complexity index is 1490. The average Bonchev–Trinajstić information content (AvgIpc) is 3.28. The number of hydrogen-bond donors (Lipinski definition) is 1. The van der Waals surface area contributed by atoms with Crippen LogP contribution in [0.25, 0.3) is 22.0 Å². The molecule has 0 saturated heterocycles. The summed E-state index contributed by atoms with van der Waals surface area (Å²) in [6, 6.07) is 22.1. The van der Waals surface area contributed by atoms with E-state index in [1.807, 2.05) is 54.6 Å². The van der Waals surface area contributed by atoms with Gasteiger partial charge in [0.25, 0.3) is 5.56 Å². The van der Waals surface area contributed by atoms with Crippen LogP contribution in [0.2, 0.25) is 10.0 Å². The maximum Gasteiger partial charge on any atom is 0.258 e. The van der Waals surface area contributed by atoms with Crippen LogP contribution in [0.15, 0.2) is 82.7 Å². The van der Waals surface area contributed by atoms with Gasteiger partial charge in [-0.15, -0.1) is 0 Å². The predicted molar refractivity (Wildman–Crippen MR) is 137 cm³/mol. The van der Waals surface area contributed by atoms with Crippen LogP contribution in [0.1, 0.15) is 36.9 Å². The lowest BCUT2D eigenvalue weighted by molar-refractivity contribution is -0.132. The quantitative estimate of drug-likeness (QED) is 0.351. The van der Waals surface area contributed by atoms with Crippen LogP contribution >= 0.6 is 23.2 Å². The third-order valence-electron chi connectivity index (χ3n) is 6.08. The SMILES string of the molecule is CCC(=O)N1N=C(c2c(-c3ccc(Cl)cc3)c3ccccc3[nH]c2=O)CC1c1ccccc1Cl. The first-order valence-electron chi connectivity index (χ1n) is 11.0. The van der Waals surface area contributed by atoms with E-state index in [9.17, 15) is 9.59 Å². The van der Waals surface area contributed by atoms with Crippen molar-refractivity contribution in [2.75, 3.05) is 0 Å². The molecule has 1 aliphatic rings. The summed E-state index contributed by atoms with van der Waals surface area (Å²) < 4.78 is 0. The molecule has 0 spiro atoms. The predicted octanol–water partition coefficient (Wildman–Crippen LogP) is 6.59. The van der Waals surface area contributed by atoms with Crippen molar-refractivity contribution in [1.29, 1.82) is 0 Å². The van der Waals surface area contributed by atoms with Crippen molar-refractivity contribution in [1.82, 2.24) is 9.99 Å². The highest BCUT2D eigenvalue weighted by atomic mass is 35.5. The van der Waals surface area contributed by atoms with E-state index in [4.69, 9.17) is 28.3 Å². The lowest BCUT2D eigenvalue weighted by Gasteiger charge is -2.22. The molecule has 2 heterocycles. The molecule has 1 amide bonds. The van der Waals surface area contributed by atoms with Gasteiger partial charge in [0.2, 0.25) is 5.91 Å². The van der Waals surface area contributed by atoms with Gasteiger partial charge < -0.3 is 4.98 Å². The van der Waals surface area contributed by atoms with E-state index < -0.39 is 0 Å². The Balaban J connectivity index is 1.74. The number of halogens is 2. The summed E-state index contributed by atoms with van der Waals surface area (Å²) in [5, 5.41) is 8.22. The Labute approximate surface area is 206 Å². The molecule has 0 saturated carbocycles. The maximum atomic E-state index is 13.4. The second-order valence-electron chi connectivity index (χ2n) is 8.14. The van der Waals surface area contributed by atoms with Gasteiger partial charge >= 0.3 is 0 Å². The second kappa shape index (κ2) is 9.09. The molecule has 1 atom stereocenters. The molecule has 5 rings (SSSR count). The van der Waals surface area contributed by atoms with E-state index in [1.54, 1.807) is 25.1 Å². The van der Waals surface area contributed by atoms with Crippen molar-refractivity contribution in [2.24, 2.45) is 5.10 Å². The lowest BCUT2D eigenvalue weighted by atomic mass is 9.91. The van der Waals surface area contributed by atoms with Crippen molar-refractivity contribution >= 4 is 45.7 Å². The molecular weight excluding hydrogens is 469 g/mol. The molecule has 5 nitrogen and oxygen atoms in total. The molecule has 34 heavy (non-hydrogen) atoms. The summed E-state index contributed by atoms with van der Waals surface area (Å²) in [7, 11) is 0. The van der Waals surface area contributed by atoms with Gasteiger partial charge in [0.05, 0.1) is 17.3 Å². The number of hydrazone groups is 1. The molecule has 1 N–H and O–H groups in total. The minimum absolute atomic E-state index is 0.134. The molecule has 4 aromatic rings. The van der Waals surface area contributed by atoms with Gasteiger partial charge in [-0.25, -0.2) is 5.01 Å².